The van der Waals surface area contributed by atoms with Crippen molar-refractivity contribution in [1.82, 2.24) is 9.55 Å². The average Bonchev–Trinajstić information content (AvgIpc) is 2.76. The van der Waals surface area contributed by atoms with Crippen molar-refractivity contribution >= 4 is 34.4 Å². The Hall–Kier alpha value is -0.870. The number of halogens is 1. The third-order valence-corrected chi connectivity index (χ3v) is 4.86. The summed E-state index contributed by atoms with van der Waals surface area (Å²) >= 11 is 8.15. The predicted octanol–water partition coefficient (Wildman–Crippen LogP) is 4.49. The first-order valence-corrected chi connectivity index (χ1v) is 8.27. The van der Waals surface area contributed by atoms with E-state index in [0.29, 0.717) is 0 Å². The molecule has 0 saturated carbocycles. The van der Waals surface area contributed by atoms with Gasteiger partial charge in [-0.25, -0.2) is 4.98 Å². The molecule has 0 radical (unpaired) electrons. The standard InChI is InChI=1S/C15H21ClN2OS/c1-10(16)14-17-12-7-6-11(19-4)8-13(12)18(14)9-15(2,3)20-5/h6-8,10H,9H2,1-5H3. The lowest BCUT2D eigenvalue weighted by Gasteiger charge is -2.24. The molecule has 0 spiro atoms. The predicted molar refractivity (Wildman–Crippen MR) is 88.1 cm³/mol. The van der Waals surface area contributed by atoms with Gasteiger partial charge >= 0.3 is 0 Å². The molecule has 2 rings (SSSR count). The van der Waals surface area contributed by atoms with Crippen LogP contribution in [0.5, 0.6) is 5.75 Å². The van der Waals surface area contributed by atoms with Crippen molar-refractivity contribution in [2.75, 3.05) is 13.4 Å². The number of ether oxygens (including phenoxy) is 1. The molecule has 1 atom stereocenters. The van der Waals surface area contributed by atoms with E-state index in [4.69, 9.17) is 16.3 Å². The monoisotopic (exact) mass is 312 g/mol. The van der Waals surface area contributed by atoms with Crippen LogP contribution in [-0.2, 0) is 6.54 Å². The topological polar surface area (TPSA) is 27.1 Å². The summed E-state index contributed by atoms with van der Waals surface area (Å²) in [5.41, 5.74) is 2.04. The second kappa shape index (κ2) is 5.86. The van der Waals surface area contributed by atoms with Crippen LogP contribution in [0.15, 0.2) is 18.2 Å². The molecule has 0 bridgehead atoms. The SMILES string of the molecule is COc1ccc2nc(C(C)Cl)n(CC(C)(C)SC)c2c1. The van der Waals surface area contributed by atoms with Crippen molar-refractivity contribution in [2.24, 2.45) is 0 Å². The number of methoxy groups -OCH3 is 1. The van der Waals surface area contributed by atoms with Gasteiger partial charge in [0.05, 0.1) is 23.5 Å². The summed E-state index contributed by atoms with van der Waals surface area (Å²) in [7, 11) is 1.68. The molecule has 0 N–H and O–H groups in total. The maximum Gasteiger partial charge on any atom is 0.127 e. The molecule has 0 aliphatic rings. The fraction of sp³-hybridized carbons (Fsp3) is 0.533. The molecule has 0 saturated heterocycles. The van der Waals surface area contributed by atoms with Gasteiger partial charge in [-0.2, -0.15) is 11.8 Å². The molecule has 0 aliphatic heterocycles. The Kier molecular flexibility index (Phi) is 4.55. The minimum atomic E-state index is -0.119. The summed E-state index contributed by atoms with van der Waals surface area (Å²) in [6.07, 6.45) is 2.13. The van der Waals surface area contributed by atoms with Gasteiger partial charge in [0, 0.05) is 17.4 Å². The van der Waals surface area contributed by atoms with Gasteiger partial charge in [0.1, 0.15) is 11.6 Å². The summed E-state index contributed by atoms with van der Waals surface area (Å²) < 4.78 is 7.66. The van der Waals surface area contributed by atoms with Crippen LogP contribution in [0.4, 0.5) is 0 Å². The maximum absolute atomic E-state index is 6.30. The molecule has 20 heavy (non-hydrogen) atoms. The summed E-state index contributed by atoms with van der Waals surface area (Å²) in [6, 6.07) is 5.95. The molecular formula is C15H21ClN2OS. The third kappa shape index (κ3) is 3.07. The van der Waals surface area contributed by atoms with E-state index in [9.17, 15) is 0 Å². The molecule has 0 amide bonds. The highest BCUT2D eigenvalue weighted by molar-refractivity contribution is 7.99. The van der Waals surface area contributed by atoms with E-state index in [0.717, 1.165) is 29.2 Å². The minimum Gasteiger partial charge on any atom is -0.497 e. The van der Waals surface area contributed by atoms with Gasteiger partial charge in [-0.1, -0.05) is 0 Å². The van der Waals surface area contributed by atoms with E-state index in [-0.39, 0.29) is 10.1 Å². The van der Waals surface area contributed by atoms with Gasteiger partial charge in [-0.05, 0) is 39.2 Å². The van der Waals surface area contributed by atoms with E-state index in [1.807, 2.05) is 36.9 Å². The van der Waals surface area contributed by atoms with Gasteiger partial charge < -0.3 is 9.30 Å². The second-order valence-electron chi connectivity index (χ2n) is 5.49. The molecule has 1 unspecified atom stereocenters. The van der Waals surface area contributed by atoms with E-state index >= 15 is 0 Å². The van der Waals surface area contributed by atoms with E-state index in [1.165, 1.54) is 0 Å². The Morgan fingerprint density at radius 1 is 1.45 bits per heavy atom. The summed E-state index contributed by atoms with van der Waals surface area (Å²) in [4.78, 5) is 4.67. The highest BCUT2D eigenvalue weighted by Gasteiger charge is 2.22. The van der Waals surface area contributed by atoms with Crippen molar-refractivity contribution in [1.29, 1.82) is 0 Å². The highest BCUT2D eigenvalue weighted by atomic mass is 35.5. The number of benzene rings is 1. The largest absolute Gasteiger partial charge is 0.497 e. The number of hydrogen-bond donors (Lipinski definition) is 0. The molecular weight excluding hydrogens is 292 g/mol. The first-order valence-electron chi connectivity index (χ1n) is 6.61. The van der Waals surface area contributed by atoms with Crippen molar-refractivity contribution in [2.45, 2.75) is 37.4 Å². The molecule has 3 nitrogen and oxygen atoms in total. The fourth-order valence-electron chi connectivity index (χ4n) is 2.16. The molecule has 1 aromatic heterocycles. The number of imidazole rings is 1. The molecule has 0 fully saturated rings. The average molecular weight is 313 g/mol. The molecule has 2 aromatic rings. The van der Waals surface area contributed by atoms with Crippen molar-refractivity contribution in [3.63, 3.8) is 0 Å². The van der Waals surface area contributed by atoms with Gasteiger partial charge in [-0.3, -0.25) is 0 Å². The molecule has 0 aliphatic carbocycles. The fourth-order valence-corrected chi connectivity index (χ4v) is 2.59. The molecule has 1 aromatic carbocycles. The number of thioether (sulfide) groups is 1. The van der Waals surface area contributed by atoms with Gasteiger partial charge in [-0.15, -0.1) is 11.6 Å². The number of nitrogens with zero attached hydrogens (tertiary/aromatic N) is 2. The van der Waals surface area contributed by atoms with Crippen molar-refractivity contribution in [3.05, 3.63) is 24.0 Å². The number of aromatic nitrogens is 2. The number of fused-ring (bicyclic) bond motifs is 1. The number of hydrogen-bond acceptors (Lipinski definition) is 3. The lowest BCUT2D eigenvalue weighted by Crippen LogP contribution is -2.23. The van der Waals surface area contributed by atoms with Crippen molar-refractivity contribution < 1.29 is 4.74 Å². The molecule has 1 heterocycles. The summed E-state index contributed by atoms with van der Waals surface area (Å²) in [6.45, 7) is 7.28. The van der Waals surface area contributed by atoms with Crippen LogP contribution in [0.3, 0.4) is 0 Å². The zero-order chi connectivity index (χ0) is 14.9. The third-order valence-electron chi connectivity index (χ3n) is 3.43. The zero-order valence-corrected chi connectivity index (χ0v) is 14.2. The normalized spacial score (nSPS) is 13.7. The second-order valence-corrected chi connectivity index (χ2v) is 7.66. The van der Waals surface area contributed by atoms with Crippen LogP contribution in [0.25, 0.3) is 11.0 Å². The first-order chi connectivity index (χ1) is 9.38. The van der Waals surface area contributed by atoms with Crippen LogP contribution < -0.4 is 4.74 Å². The van der Waals surface area contributed by atoms with Crippen LogP contribution >= 0.6 is 23.4 Å². The molecule has 110 valence electrons. The number of alkyl halides is 1. The lowest BCUT2D eigenvalue weighted by molar-refractivity contribution is 0.415. The molecule has 5 heteroatoms. The van der Waals surface area contributed by atoms with Gasteiger partial charge in [0.15, 0.2) is 0 Å². The Balaban J connectivity index is 2.60. The van der Waals surface area contributed by atoms with Crippen LogP contribution in [0.2, 0.25) is 0 Å². The van der Waals surface area contributed by atoms with Crippen LogP contribution in [0.1, 0.15) is 32.0 Å². The van der Waals surface area contributed by atoms with E-state index in [1.54, 1.807) is 7.11 Å². The number of rotatable bonds is 5. The Morgan fingerprint density at radius 2 is 2.15 bits per heavy atom. The quantitative estimate of drug-likeness (QED) is 0.761. The first kappa shape index (κ1) is 15.5. The Morgan fingerprint density at radius 3 is 2.70 bits per heavy atom. The van der Waals surface area contributed by atoms with Crippen LogP contribution in [-0.4, -0.2) is 27.7 Å². The lowest BCUT2D eigenvalue weighted by atomic mass is 10.2. The summed E-state index contributed by atoms with van der Waals surface area (Å²) in [5.74, 6) is 1.76. The highest BCUT2D eigenvalue weighted by Crippen LogP contribution is 2.31. The smallest absolute Gasteiger partial charge is 0.127 e. The van der Waals surface area contributed by atoms with E-state index < -0.39 is 0 Å². The Bertz CT molecular complexity index is 607. The minimum absolute atomic E-state index is 0.119. The van der Waals surface area contributed by atoms with Crippen LogP contribution in [0, 0.1) is 0 Å². The van der Waals surface area contributed by atoms with Crippen molar-refractivity contribution in [3.8, 4) is 5.75 Å². The van der Waals surface area contributed by atoms with E-state index in [2.05, 4.69) is 29.7 Å². The zero-order valence-electron chi connectivity index (χ0n) is 12.6. The van der Waals surface area contributed by atoms with Gasteiger partial charge in [0.2, 0.25) is 0 Å². The maximum atomic E-state index is 6.30. The Labute approximate surface area is 129 Å². The summed E-state index contributed by atoms with van der Waals surface area (Å²) in [5, 5.41) is -0.119. The van der Waals surface area contributed by atoms with Gasteiger partial charge in [0.25, 0.3) is 0 Å².